The SMILES string of the molecule is Cc1ccc(S(=O)(=O)N2CCCCC2C(=O)O)cc1[N+](=O)[O-]. The van der Waals surface area contributed by atoms with Gasteiger partial charge in [-0.3, -0.25) is 14.9 Å². The van der Waals surface area contributed by atoms with Crippen LogP contribution in [-0.2, 0) is 14.8 Å². The zero-order valence-corrected chi connectivity index (χ0v) is 12.7. The van der Waals surface area contributed by atoms with E-state index in [0.717, 1.165) is 10.4 Å². The number of nitro benzene ring substituents is 1. The zero-order valence-electron chi connectivity index (χ0n) is 11.9. The summed E-state index contributed by atoms with van der Waals surface area (Å²) in [5.41, 5.74) is 0.0438. The van der Waals surface area contributed by atoms with Gasteiger partial charge in [0, 0.05) is 18.2 Å². The van der Waals surface area contributed by atoms with Crippen molar-refractivity contribution in [3.05, 3.63) is 33.9 Å². The monoisotopic (exact) mass is 328 g/mol. The lowest BCUT2D eigenvalue weighted by molar-refractivity contribution is -0.385. The Balaban J connectivity index is 2.47. The fourth-order valence-corrected chi connectivity index (χ4v) is 4.19. The van der Waals surface area contributed by atoms with Gasteiger partial charge in [0.1, 0.15) is 6.04 Å². The molecule has 1 atom stereocenters. The van der Waals surface area contributed by atoms with Crippen LogP contribution in [0.4, 0.5) is 5.69 Å². The van der Waals surface area contributed by atoms with E-state index >= 15 is 0 Å². The van der Waals surface area contributed by atoms with Gasteiger partial charge in [0.25, 0.3) is 5.69 Å². The van der Waals surface area contributed by atoms with Crippen LogP contribution in [-0.4, -0.2) is 41.3 Å². The van der Waals surface area contributed by atoms with E-state index < -0.39 is 27.0 Å². The van der Waals surface area contributed by atoms with Gasteiger partial charge in [-0.05, 0) is 32.3 Å². The molecule has 1 heterocycles. The van der Waals surface area contributed by atoms with Crippen molar-refractivity contribution >= 4 is 21.7 Å². The first-order valence-corrected chi connectivity index (χ1v) is 8.19. The highest BCUT2D eigenvalue weighted by molar-refractivity contribution is 7.89. The number of hydrogen-bond acceptors (Lipinski definition) is 5. The molecule has 0 spiro atoms. The highest BCUT2D eigenvalue weighted by atomic mass is 32.2. The summed E-state index contributed by atoms with van der Waals surface area (Å²) in [5, 5.41) is 20.1. The van der Waals surface area contributed by atoms with Crippen molar-refractivity contribution in [3.8, 4) is 0 Å². The molecule has 9 heteroatoms. The van der Waals surface area contributed by atoms with Crippen molar-refractivity contribution in [1.29, 1.82) is 0 Å². The fourth-order valence-electron chi connectivity index (χ4n) is 2.52. The molecule has 1 saturated heterocycles. The second-order valence-electron chi connectivity index (χ2n) is 5.17. The number of sulfonamides is 1. The van der Waals surface area contributed by atoms with Gasteiger partial charge < -0.3 is 5.11 Å². The number of aliphatic carboxylic acids is 1. The van der Waals surface area contributed by atoms with Crippen molar-refractivity contribution in [1.82, 2.24) is 4.31 Å². The van der Waals surface area contributed by atoms with E-state index in [9.17, 15) is 28.4 Å². The summed E-state index contributed by atoms with van der Waals surface area (Å²) < 4.78 is 26.2. The van der Waals surface area contributed by atoms with Crippen molar-refractivity contribution in [3.63, 3.8) is 0 Å². The van der Waals surface area contributed by atoms with Crippen LogP contribution in [0, 0.1) is 17.0 Å². The number of benzene rings is 1. The molecule has 0 amide bonds. The van der Waals surface area contributed by atoms with Crippen LogP contribution in [0.5, 0.6) is 0 Å². The molecule has 0 radical (unpaired) electrons. The van der Waals surface area contributed by atoms with E-state index in [4.69, 9.17) is 0 Å². The fraction of sp³-hybridized carbons (Fsp3) is 0.462. The van der Waals surface area contributed by atoms with Gasteiger partial charge in [0.2, 0.25) is 10.0 Å². The molecule has 1 aliphatic heterocycles. The van der Waals surface area contributed by atoms with Gasteiger partial charge in [-0.15, -0.1) is 0 Å². The third kappa shape index (κ3) is 2.95. The molecule has 0 bridgehead atoms. The van der Waals surface area contributed by atoms with Gasteiger partial charge in [-0.1, -0.05) is 6.07 Å². The summed E-state index contributed by atoms with van der Waals surface area (Å²) in [7, 11) is -4.08. The molecule has 0 saturated carbocycles. The lowest BCUT2D eigenvalue weighted by atomic mass is 10.1. The maximum absolute atomic E-state index is 12.6. The molecule has 0 aromatic heterocycles. The predicted molar refractivity (Wildman–Crippen MR) is 77.0 cm³/mol. The van der Waals surface area contributed by atoms with Gasteiger partial charge >= 0.3 is 5.97 Å². The molecule has 1 aromatic carbocycles. The van der Waals surface area contributed by atoms with E-state index in [0.29, 0.717) is 18.4 Å². The van der Waals surface area contributed by atoms with E-state index in [1.54, 1.807) is 0 Å². The van der Waals surface area contributed by atoms with Crippen LogP contribution >= 0.6 is 0 Å². The highest BCUT2D eigenvalue weighted by Crippen LogP contribution is 2.28. The molecule has 0 aliphatic carbocycles. The van der Waals surface area contributed by atoms with Crippen LogP contribution < -0.4 is 0 Å². The van der Waals surface area contributed by atoms with Crippen LogP contribution in [0.2, 0.25) is 0 Å². The number of carbonyl (C=O) groups is 1. The van der Waals surface area contributed by atoms with E-state index in [-0.39, 0.29) is 23.5 Å². The van der Waals surface area contributed by atoms with Crippen molar-refractivity contribution < 1.29 is 23.2 Å². The van der Waals surface area contributed by atoms with Crippen LogP contribution in [0.1, 0.15) is 24.8 Å². The number of carboxylic acids is 1. The molecule has 8 nitrogen and oxygen atoms in total. The summed E-state index contributed by atoms with van der Waals surface area (Å²) in [6.07, 6.45) is 1.44. The molecule has 22 heavy (non-hydrogen) atoms. The third-order valence-corrected chi connectivity index (χ3v) is 5.63. The van der Waals surface area contributed by atoms with Gasteiger partial charge in [0.15, 0.2) is 0 Å². The first-order valence-electron chi connectivity index (χ1n) is 6.75. The summed E-state index contributed by atoms with van der Waals surface area (Å²) in [5.74, 6) is -1.20. The molecule has 2 rings (SSSR count). The summed E-state index contributed by atoms with van der Waals surface area (Å²) in [4.78, 5) is 21.3. The molecular formula is C13H16N2O6S. The second kappa shape index (κ2) is 6.01. The van der Waals surface area contributed by atoms with Gasteiger partial charge in [0.05, 0.1) is 9.82 Å². The van der Waals surface area contributed by atoms with Crippen molar-refractivity contribution in [2.75, 3.05) is 6.54 Å². The average Bonchev–Trinajstić information content (AvgIpc) is 2.47. The standard InChI is InChI=1S/C13H16N2O6S/c1-9-5-6-10(8-12(9)15(18)19)22(20,21)14-7-3-2-4-11(14)13(16)17/h5-6,8,11H,2-4,7H2,1H3,(H,16,17). The lowest BCUT2D eigenvalue weighted by Crippen LogP contribution is -2.47. The highest BCUT2D eigenvalue weighted by Gasteiger charge is 2.38. The topological polar surface area (TPSA) is 118 Å². The maximum Gasteiger partial charge on any atom is 0.322 e. The van der Waals surface area contributed by atoms with E-state index in [2.05, 4.69) is 0 Å². The minimum Gasteiger partial charge on any atom is -0.480 e. The average molecular weight is 328 g/mol. The van der Waals surface area contributed by atoms with Crippen LogP contribution in [0.15, 0.2) is 23.1 Å². The van der Waals surface area contributed by atoms with Crippen molar-refractivity contribution in [2.24, 2.45) is 0 Å². The quantitative estimate of drug-likeness (QED) is 0.661. The number of rotatable bonds is 4. The third-order valence-electron chi connectivity index (χ3n) is 3.72. The molecular weight excluding hydrogens is 312 g/mol. The molecule has 1 aromatic rings. The number of carboxylic acid groups (broad SMARTS) is 1. The number of nitro groups is 1. The van der Waals surface area contributed by atoms with E-state index in [1.807, 2.05) is 0 Å². The Hall–Kier alpha value is -2.00. The Morgan fingerprint density at radius 3 is 2.68 bits per heavy atom. The molecule has 1 fully saturated rings. The minimum atomic E-state index is -4.08. The first kappa shape index (κ1) is 16.4. The predicted octanol–water partition coefficient (Wildman–Crippen LogP) is 1.53. The summed E-state index contributed by atoms with van der Waals surface area (Å²) >= 11 is 0. The Bertz CT molecular complexity index is 715. The molecule has 1 N–H and O–H groups in total. The summed E-state index contributed by atoms with van der Waals surface area (Å²) in [6.45, 7) is 1.61. The Morgan fingerprint density at radius 1 is 1.41 bits per heavy atom. The summed E-state index contributed by atoms with van der Waals surface area (Å²) in [6, 6.07) is 2.48. The van der Waals surface area contributed by atoms with E-state index in [1.165, 1.54) is 19.1 Å². The molecule has 1 unspecified atom stereocenters. The number of hydrogen-bond donors (Lipinski definition) is 1. The van der Waals surface area contributed by atoms with Crippen molar-refractivity contribution in [2.45, 2.75) is 37.1 Å². The smallest absolute Gasteiger partial charge is 0.322 e. The first-order chi connectivity index (χ1) is 10.2. The number of nitrogens with zero attached hydrogens (tertiary/aromatic N) is 2. The lowest BCUT2D eigenvalue weighted by Gasteiger charge is -2.31. The Morgan fingerprint density at radius 2 is 2.09 bits per heavy atom. The van der Waals surface area contributed by atoms with Crippen LogP contribution in [0.3, 0.4) is 0 Å². The Labute approximate surface area is 127 Å². The molecule has 1 aliphatic rings. The van der Waals surface area contributed by atoms with Gasteiger partial charge in [-0.2, -0.15) is 4.31 Å². The molecule has 120 valence electrons. The minimum absolute atomic E-state index is 0.0982. The number of piperidine rings is 1. The van der Waals surface area contributed by atoms with Gasteiger partial charge in [-0.25, -0.2) is 8.42 Å². The second-order valence-corrected chi connectivity index (χ2v) is 7.06. The Kier molecular flexibility index (Phi) is 4.47. The zero-order chi connectivity index (χ0) is 16.5. The van der Waals surface area contributed by atoms with Crippen LogP contribution in [0.25, 0.3) is 0 Å². The largest absolute Gasteiger partial charge is 0.480 e. The maximum atomic E-state index is 12.6. The number of aryl methyl sites for hydroxylation is 1. The normalized spacial score (nSPS) is 19.8.